The van der Waals surface area contributed by atoms with Crippen molar-refractivity contribution >= 4 is 57.9 Å². The molecular weight excluding hydrogens is 481 g/mol. The SMILES string of the molecule is CCOc1cc(/C=C2\SC(=O)N(c3ccc(Cl)cc3)C2=O)ccc1OCc1ccc(Cl)cc1. The summed E-state index contributed by atoms with van der Waals surface area (Å²) in [6, 6.07) is 19.4. The van der Waals surface area contributed by atoms with E-state index in [0.29, 0.717) is 45.4 Å². The summed E-state index contributed by atoms with van der Waals surface area (Å²) in [5.74, 6) is 0.753. The van der Waals surface area contributed by atoms with E-state index in [1.807, 2.05) is 37.3 Å². The Morgan fingerprint density at radius 2 is 1.55 bits per heavy atom. The molecule has 0 saturated carbocycles. The summed E-state index contributed by atoms with van der Waals surface area (Å²) in [6.45, 7) is 2.69. The van der Waals surface area contributed by atoms with Crippen LogP contribution in [0.15, 0.2) is 71.6 Å². The Bertz CT molecular complexity index is 1210. The van der Waals surface area contributed by atoms with E-state index in [1.54, 1.807) is 42.5 Å². The van der Waals surface area contributed by atoms with Gasteiger partial charge in [-0.05, 0) is 84.4 Å². The van der Waals surface area contributed by atoms with Crippen LogP contribution in [0, 0.1) is 0 Å². The molecule has 4 rings (SSSR count). The van der Waals surface area contributed by atoms with E-state index < -0.39 is 0 Å². The number of rotatable bonds is 7. The molecule has 0 radical (unpaired) electrons. The number of carbonyl (C=O) groups excluding carboxylic acids is 2. The van der Waals surface area contributed by atoms with Gasteiger partial charge in [-0.2, -0.15) is 0 Å². The molecular formula is C25H19Cl2NO4S. The minimum Gasteiger partial charge on any atom is -0.490 e. The largest absolute Gasteiger partial charge is 0.490 e. The highest BCUT2D eigenvalue weighted by Gasteiger charge is 2.36. The number of hydrogen-bond acceptors (Lipinski definition) is 5. The number of halogens is 2. The van der Waals surface area contributed by atoms with Crippen molar-refractivity contribution in [2.75, 3.05) is 11.5 Å². The Morgan fingerprint density at radius 3 is 2.21 bits per heavy atom. The molecule has 168 valence electrons. The van der Waals surface area contributed by atoms with Gasteiger partial charge in [0.25, 0.3) is 11.1 Å². The summed E-state index contributed by atoms with van der Waals surface area (Å²) in [7, 11) is 0. The molecule has 2 amide bonds. The Labute approximate surface area is 205 Å². The van der Waals surface area contributed by atoms with Crippen LogP contribution in [-0.2, 0) is 11.4 Å². The van der Waals surface area contributed by atoms with Crippen LogP contribution >= 0.6 is 35.0 Å². The fourth-order valence-corrected chi connectivity index (χ4v) is 4.27. The molecule has 0 bridgehead atoms. The number of anilines is 1. The lowest BCUT2D eigenvalue weighted by molar-refractivity contribution is -0.113. The van der Waals surface area contributed by atoms with E-state index in [-0.39, 0.29) is 11.1 Å². The number of ether oxygens (including phenoxy) is 2. The number of nitrogens with zero attached hydrogens (tertiary/aromatic N) is 1. The van der Waals surface area contributed by atoms with Gasteiger partial charge in [0.1, 0.15) is 6.61 Å². The first-order valence-electron chi connectivity index (χ1n) is 10.1. The topological polar surface area (TPSA) is 55.8 Å². The molecule has 0 N–H and O–H groups in total. The second-order valence-electron chi connectivity index (χ2n) is 7.05. The highest BCUT2D eigenvalue weighted by Crippen LogP contribution is 2.37. The molecule has 3 aromatic carbocycles. The van der Waals surface area contributed by atoms with Gasteiger partial charge in [0.2, 0.25) is 0 Å². The zero-order valence-corrected chi connectivity index (χ0v) is 19.9. The van der Waals surface area contributed by atoms with Crippen molar-refractivity contribution in [2.24, 2.45) is 0 Å². The molecule has 0 unspecified atom stereocenters. The van der Waals surface area contributed by atoms with E-state index in [0.717, 1.165) is 27.8 Å². The maximum Gasteiger partial charge on any atom is 0.298 e. The Balaban J connectivity index is 1.54. The highest BCUT2D eigenvalue weighted by atomic mass is 35.5. The van der Waals surface area contributed by atoms with Crippen LogP contribution < -0.4 is 14.4 Å². The first-order chi connectivity index (χ1) is 15.9. The Hall–Kier alpha value is -2.93. The number of thioether (sulfide) groups is 1. The van der Waals surface area contributed by atoms with Gasteiger partial charge in [-0.1, -0.05) is 41.4 Å². The van der Waals surface area contributed by atoms with Crippen molar-refractivity contribution in [2.45, 2.75) is 13.5 Å². The van der Waals surface area contributed by atoms with Gasteiger partial charge in [-0.25, -0.2) is 4.90 Å². The molecule has 8 heteroatoms. The first-order valence-corrected chi connectivity index (χ1v) is 11.7. The van der Waals surface area contributed by atoms with E-state index in [1.165, 1.54) is 0 Å². The summed E-state index contributed by atoms with van der Waals surface area (Å²) in [5.41, 5.74) is 2.17. The van der Waals surface area contributed by atoms with Gasteiger partial charge in [-0.15, -0.1) is 0 Å². The molecule has 1 heterocycles. The smallest absolute Gasteiger partial charge is 0.298 e. The van der Waals surface area contributed by atoms with Crippen molar-refractivity contribution < 1.29 is 19.1 Å². The molecule has 0 spiro atoms. The second kappa shape index (κ2) is 10.3. The van der Waals surface area contributed by atoms with E-state index >= 15 is 0 Å². The quantitative estimate of drug-likeness (QED) is 0.321. The highest BCUT2D eigenvalue weighted by molar-refractivity contribution is 8.19. The first kappa shape index (κ1) is 23.2. The average molecular weight is 500 g/mol. The molecule has 1 aliphatic rings. The lowest BCUT2D eigenvalue weighted by Crippen LogP contribution is -2.27. The number of amides is 2. The lowest BCUT2D eigenvalue weighted by Gasteiger charge is -2.13. The average Bonchev–Trinajstić information content (AvgIpc) is 3.08. The second-order valence-corrected chi connectivity index (χ2v) is 8.91. The van der Waals surface area contributed by atoms with Crippen LogP contribution in [-0.4, -0.2) is 17.8 Å². The maximum atomic E-state index is 12.9. The molecule has 1 aliphatic heterocycles. The molecule has 3 aromatic rings. The molecule has 1 saturated heterocycles. The van der Waals surface area contributed by atoms with Gasteiger partial charge in [0, 0.05) is 10.0 Å². The third-order valence-electron chi connectivity index (χ3n) is 4.75. The number of imide groups is 1. The predicted molar refractivity (Wildman–Crippen MR) is 133 cm³/mol. The van der Waals surface area contributed by atoms with Crippen molar-refractivity contribution in [3.63, 3.8) is 0 Å². The minimum absolute atomic E-state index is 0.326. The molecule has 0 aromatic heterocycles. The third kappa shape index (κ3) is 5.53. The summed E-state index contributed by atoms with van der Waals surface area (Å²) in [6.07, 6.45) is 1.67. The van der Waals surface area contributed by atoms with Gasteiger partial charge < -0.3 is 9.47 Å². The monoisotopic (exact) mass is 499 g/mol. The van der Waals surface area contributed by atoms with Crippen molar-refractivity contribution in [1.29, 1.82) is 0 Å². The molecule has 33 heavy (non-hydrogen) atoms. The van der Waals surface area contributed by atoms with Gasteiger partial charge in [-0.3, -0.25) is 9.59 Å². The van der Waals surface area contributed by atoms with Gasteiger partial charge in [0.15, 0.2) is 11.5 Å². The van der Waals surface area contributed by atoms with Crippen LogP contribution in [0.1, 0.15) is 18.1 Å². The summed E-state index contributed by atoms with van der Waals surface area (Å²) in [4.78, 5) is 26.8. The summed E-state index contributed by atoms with van der Waals surface area (Å²) < 4.78 is 11.7. The van der Waals surface area contributed by atoms with Crippen LogP contribution in [0.3, 0.4) is 0 Å². The number of carbonyl (C=O) groups is 2. The molecule has 0 atom stereocenters. The van der Waals surface area contributed by atoms with Crippen LogP contribution in [0.5, 0.6) is 11.5 Å². The summed E-state index contributed by atoms with van der Waals surface area (Å²) in [5, 5.41) is 0.836. The van der Waals surface area contributed by atoms with Crippen molar-refractivity contribution in [3.8, 4) is 11.5 Å². The third-order valence-corrected chi connectivity index (χ3v) is 6.13. The van der Waals surface area contributed by atoms with E-state index in [4.69, 9.17) is 32.7 Å². The Kier molecular flexibility index (Phi) is 7.28. The summed E-state index contributed by atoms with van der Waals surface area (Å²) >= 11 is 12.7. The zero-order valence-electron chi connectivity index (χ0n) is 17.6. The lowest BCUT2D eigenvalue weighted by atomic mass is 10.1. The van der Waals surface area contributed by atoms with Gasteiger partial charge >= 0.3 is 0 Å². The van der Waals surface area contributed by atoms with Crippen molar-refractivity contribution in [1.82, 2.24) is 0 Å². The minimum atomic E-state index is -0.381. The normalized spacial score (nSPS) is 14.8. The zero-order chi connectivity index (χ0) is 23.4. The standard InChI is InChI=1S/C25H19Cl2NO4S/c1-2-31-22-13-17(5-12-21(22)32-15-16-3-6-18(26)7-4-16)14-23-24(29)28(25(30)33-23)20-10-8-19(27)9-11-20/h3-14H,2,15H2,1H3/b23-14-. The van der Waals surface area contributed by atoms with E-state index in [9.17, 15) is 9.59 Å². The fraction of sp³-hybridized carbons (Fsp3) is 0.120. The van der Waals surface area contributed by atoms with Crippen LogP contribution in [0.2, 0.25) is 10.0 Å². The predicted octanol–water partition coefficient (Wildman–Crippen LogP) is 7.21. The molecule has 0 aliphatic carbocycles. The Morgan fingerprint density at radius 1 is 0.879 bits per heavy atom. The van der Waals surface area contributed by atoms with Gasteiger partial charge in [0.05, 0.1) is 17.2 Å². The van der Waals surface area contributed by atoms with Crippen LogP contribution in [0.4, 0.5) is 10.5 Å². The molecule has 1 fully saturated rings. The molecule has 5 nitrogen and oxygen atoms in total. The fourth-order valence-electron chi connectivity index (χ4n) is 3.18. The number of hydrogen-bond donors (Lipinski definition) is 0. The van der Waals surface area contributed by atoms with Crippen molar-refractivity contribution in [3.05, 3.63) is 92.8 Å². The van der Waals surface area contributed by atoms with E-state index in [2.05, 4.69) is 0 Å². The maximum absolute atomic E-state index is 12.9. The number of benzene rings is 3. The van der Waals surface area contributed by atoms with Crippen LogP contribution in [0.25, 0.3) is 6.08 Å².